The summed E-state index contributed by atoms with van der Waals surface area (Å²) in [6.07, 6.45) is 2.20. The van der Waals surface area contributed by atoms with Gasteiger partial charge < -0.3 is 25.2 Å². The van der Waals surface area contributed by atoms with E-state index in [0.717, 1.165) is 24.9 Å². The zero-order valence-corrected chi connectivity index (χ0v) is 18.1. The molecule has 7 nitrogen and oxygen atoms in total. The van der Waals surface area contributed by atoms with Gasteiger partial charge in [-0.25, -0.2) is 0 Å². The molecule has 2 aromatic rings. The van der Waals surface area contributed by atoms with Gasteiger partial charge in [0.25, 0.3) is 0 Å². The second-order valence-electron chi connectivity index (χ2n) is 7.76. The maximum Gasteiger partial charge on any atom is 0.313 e. The number of rotatable bonds is 6. The molecule has 1 aliphatic heterocycles. The second kappa shape index (κ2) is 9.63. The molecule has 0 aliphatic carbocycles. The van der Waals surface area contributed by atoms with E-state index in [-0.39, 0.29) is 6.04 Å². The number of aryl methyl sites for hydroxylation is 1. The molecule has 0 saturated carbocycles. The maximum absolute atomic E-state index is 12.4. The van der Waals surface area contributed by atoms with Gasteiger partial charge in [0.05, 0.1) is 18.8 Å². The van der Waals surface area contributed by atoms with Crippen molar-refractivity contribution in [3.05, 3.63) is 53.6 Å². The van der Waals surface area contributed by atoms with Crippen LogP contribution in [-0.2, 0) is 16.0 Å². The minimum Gasteiger partial charge on any atom is -0.495 e. The summed E-state index contributed by atoms with van der Waals surface area (Å²) < 4.78 is 5.21. The predicted octanol–water partition coefficient (Wildman–Crippen LogP) is 2.44. The first-order valence-electron chi connectivity index (χ1n) is 10.1. The average molecular weight is 411 g/mol. The van der Waals surface area contributed by atoms with E-state index in [9.17, 15) is 9.59 Å². The Hall–Kier alpha value is -3.06. The molecule has 0 unspecified atom stereocenters. The number of fused-ring (bicyclic) bond motifs is 1. The summed E-state index contributed by atoms with van der Waals surface area (Å²) in [6, 6.07) is 13.4. The summed E-state index contributed by atoms with van der Waals surface area (Å²) >= 11 is 0. The van der Waals surface area contributed by atoms with Gasteiger partial charge in [-0.2, -0.15) is 0 Å². The van der Waals surface area contributed by atoms with Crippen LogP contribution in [-0.4, -0.2) is 58.1 Å². The lowest BCUT2D eigenvalue weighted by molar-refractivity contribution is -0.136. The van der Waals surface area contributed by atoms with Gasteiger partial charge in [-0.15, -0.1) is 0 Å². The minimum absolute atomic E-state index is 0.0365. The molecule has 7 heteroatoms. The molecule has 1 atom stereocenters. The largest absolute Gasteiger partial charge is 0.495 e. The van der Waals surface area contributed by atoms with Crippen molar-refractivity contribution in [2.75, 3.05) is 51.6 Å². The quantitative estimate of drug-likeness (QED) is 0.716. The fourth-order valence-electron chi connectivity index (χ4n) is 3.81. The van der Waals surface area contributed by atoms with Gasteiger partial charge in [-0.3, -0.25) is 9.59 Å². The number of benzene rings is 2. The number of carbonyl (C=O) groups is 2. The molecule has 30 heavy (non-hydrogen) atoms. The third-order valence-corrected chi connectivity index (χ3v) is 5.48. The molecule has 1 aliphatic rings. The van der Waals surface area contributed by atoms with E-state index in [0.29, 0.717) is 18.0 Å². The number of para-hydroxylation sites is 2. The summed E-state index contributed by atoms with van der Waals surface area (Å²) in [4.78, 5) is 29.0. The van der Waals surface area contributed by atoms with Crippen LogP contribution in [0.25, 0.3) is 0 Å². The predicted molar refractivity (Wildman–Crippen MR) is 119 cm³/mol. The van der Waals surface area contributed by atoms with E-state index in [4.69, 9.17) is 4.74 Å². The van der Waals surface area contributed by atoms with Gasteiger partial charge in [-0.1, -0.05) is 24.3 Å². The Morgan fingerprint density at radius 3 is 2.67 bits per heavy atom. The van der Waals surface area contributed by atoms with Crippen LogP contribution >= 0.6 is 0 Å². The highest BCUT2D eigenvalue weighted by Gasteiger charge is 2.22. The molecule has 0 radical (unpaired) electrons. The Labute approximate surface area is 178 Å². The molecule has 0 spiro atoms. The van der Waals surface area contributed by atoms with Crippen molar-refractivity contribution in [3.63, 3.8) is 0 Å². The van der Waals surface area contributed by atoms with Crippen molar-refractivity contribution in [1.29, 1.82) is 0 Å². The van der Waals surface area contributed by atoms with Crippen LogP contribution in [0.1, 0.15) is 23.6 Å². The van der Waals surface area contributed by atoms with Crippen molar-refractivity contribution >= 4 is 23.2 Å². The molecule has 160 valence electrons. The summed E-state index contributed by atoms with van der Waals surface area (Å²) in [5.74, 6) is -0.890. The van der Waals surface area contributed by atoms with Crippen LogP contribution in [0, 0.1) is 0 Å². The first-order chi connectivity index (χ1) is 14.4. The van der Waals surface area contributed by atoms with Gasteiger partial charge in [-0.05, 0) is 56.3 Å². The topological polar surface area (TPSA) is 73.9 Å². The zero-order valence-electron chi connectivity index (χ0n) is 18.1. The number of amides is 2. The van der Waals surface area contributed by atoms with Gasteiger partial charge in [0.15, 0.2) is 0 Å². The summed E-state index contributed by atoms with van der Waals surface area (Å²) in [5, 5.41) is 5.37. The number of likely N-dealkylation sites (N-methyl/N-ethyl adjacent to an activating group) is 1. The number of carbonyl (C=O) groups excluding carboxylic acids is 2. The highest BCUT2D eigenvalue weighted by Crippen LogP contribution is 2.30. The number of nitrogens with zero attached hydrogens (tertiary/aromatic N) is 2. The molecule has 0 bridgehead atoms. The number of nitrogens with one attached hydrogen (secondary N) is 2. The molecular weight excluding hydrogens is 380 g/mol. The zero-order chi connectivity index (χ0) is 21.7. The fraction of sp³-hybridized carbons (Fsp3) is 0.391. The molecular formula is C23H30N4O3. The van der Waals surface area contributed by atoms with E-state index < -0.39 is 11.8 Å². The van der Waals surface area contributed by atoms with Crippen molar-refractivity contribution in [2.45, 2.75) is 18.9 Å². The van der Waals surface area contributed by atoms with Gasteiger partial charge in [0.1, 0.15) is 5.75 Å². The smallest absolute Gasteiger partial charge is 0.313 e. The minimum atomic E-state index is -0.718. The molecule has 3 rings (SSSR count). The fourth-order valence-corrected chi connectivity index (χ4v) is 3.81. The van der Waals surface area contributed by atoms with Crippen molar-refractivity contribution in [1.82, 2.24) is 10.2 Å². The lowest BCUT2D eigenvalue weighted by atomic mass is 9.96. The molecule has 2 amide bonds. The van der Waals surface area contributed by atoms with E-state index in [1.54, 1.807) is 24.3 Å². The highest BCUT2D eigenvalue weighted by atomic mass is 16.5. The van der Waals surface area contributed by atoms with E-state index in [1.807, 2.05) is 19.0 Å². The molecule has 1 heterocycles. The third kappa shape index (κ3) is 4.91. The first-order valence-corrected chi connectivity index (χ1v) is 10.1. The normalized spacial score (nSPS) is 14.1. The van der Waals surface area contributed by atoms with Gasteiger partial charge >= 0.3 is 11.8 Å². The number of methoxy groups -OCH3 is 1. The Balaban J connectivity index is 1.66. The number of hydrogen-bond acceptors (Lipinski definition) is 5. The number of ether oxygens (including phenoxy) is 1. The van der Waals surface area contributed by atoms with Crippen LogP contribution in [0.5, 0.6) is 5.75 Å². The van der Waals surface area contributed by atoms with Crippen LogP contribution in [0.4, 0.5) is 11.4 Å². The van der Waals surface area contributed by atoms with Crippen LogP contribution in [0.3, 0.4) is 0 Å². The highest BCUT2D eigenvalue weighted by molar-refractivity contribution is 6.39. The lowest BCUT2D eigenvalue weighted by Gasteiger charge is -2.30. The summed E-state index contributed by atoms with van der Waals surface area (Å²) in [7, 11) is 7.57. The second-order valence-corrected chi connectivity index (χ2v) is 7.76. The van der Waals surface area contributed by atoms with Crippen molar-refractivity contribution < 1.29 is 14.3 Å². The number of anilines is 2. The van der Waals surface area contributed by atoms with E-state index in [1.165, 1.54) is 18.4 Å². The summed E-state index contributed by atoms with van der Waals surface area (Å²) in [6.45, 7) is 1.40. The Morgan fingerprint density at radius 1 is 1.17 bits per heavy atom. The molecule has 0 saturated heterocycles. The van der Waals surface area contributed by atoms with Crippen molar-refractivity contribution in [2.24, 2.45) is 0 Å². The Bertz CT molecular complexity index is 913. The van der Waals surface area contributed by atoms with Crippen LogP contribution < -0.4 is 20.3 Å². The molecule has 2 N–H and O–H groups in total. The SMILES string of the molecule is COc1ccccc1NC(=O)C(=O)NC[C@@H](c1ccc2c(c1)CCCN2C)N(C)C. The van der Waals surface area contributed by atoms with Crippen LogP contribution in [0.15, 0.2) is 42.5 Å². The molecule has 0 aromatic heterocycles. The maximum atomic E-state index is 12.4. The lowest BCUT2D eigenvalue weighted by Crippen LogP contribution is -2.40. The summed E-state index contributed by atoms with van der Waals surface area (Å²) in [5.41, 5.74) is 4.18. The molecule has 0 fully saturated rings. The van der Waals surface area contributed by atoms with E-state index >= 15 is 0 Å². The standard InChI is InChI=1S/C23H30N4O3/c1-26(2)20(17-11-12-19-16(14-17)8-7-13-27(19)3)15-24-22(28)23(29)25-18-9-5-6-10-21(18)30-4/h5-6,9-12,14,20H,7-8,13,15H2,1-4H3,(H,24,28)(H,25,29)/t20-/m0/s1. The van der Waals surface area contributed by atoms with Gasteiger partial charge in [0, 0.05) is 25.8 Å². The van der Waals surface area contributed by atoms with E-state index in [2.05, 4.69) is 40.8 Å². The Kier molecular flexibility index (Phi) is 6.95. The first kappa shape index (κ1) is 21.6. The third-order valence-electron chi connectivity index (χ3n) is 5.48. The molecule has 2 aromatic carbocycles. The van der Waals surface area contributed by atoms with Gasteiger partial charge in [0.2, 0.25) is 0 Å². The average Bonchev–Trinajstić information content (AvgIpc) is 2.74. The number of hydrogen-bond donors (Lipinski definition) is 2. The Morgan fingerprint density at radius 2 is 1.93 bits per heavy atom. The van der Waals surface area contributed by atoms with Crippen molar-refractivity contribution in [3.8, 4) is 5.75 Å². The monoisotopic (exact) mass is 410 g/mol. The van der Waals surface area contributed by atoms with Crippen LogP contribution in [0.2, 0.25) is 0 Å².